The fourth-order valence-corrected chi connectivity index (χ4v) is 2.74. The Morgan fingerprint density at radius 1 is 1.11 bits per heavy atom. The van der Waals surface area contributed by atoms with E-state index in [-0.39, 0.29) is 24.8 Å². The van der Waals surface area contributed by atoms with E-state index in [1.54, 1.807) is 38.2 Å². The van der Waals surface area contributed by atoms with Crippen LogP contribution in [-0.4, -0.2) is 35.3 Å². The normalized spacial score (nSPS) is 10.5. The molecule has 144 valence electrons. The Bertz CT molecular complexity index is 968. The predicted octanol–water partition coefficient (Wildman–Crippen LogP) is 3.94. The van der Waals surface area contributed by atoms with Crippen LogP contribution in [-0.2, 0) is 16.0 Å². The van der Waals surface area contributed by atoms with E-state index in [0.717, 1.165) is 5.56 Å². The molecule has 3 rings (SSSR count). The molecule has 2 amide bonds. The van der Waals surface area contributed by atoms with Gasteiger partial charge in [0.15, 0.2) is 0 Å². The zero-order valence-corrected chi connectivity index (χ0v) is 16.4. The van der Waals surface area contributed by atoms with Crippen LogP contribution in [0.4, 0.5) is 5.69 Å². The second-order valence-corrected chi connectivity index (χ2v) is 6.81. The van der Waals surface area contributed by atoms with Crippen molar-refractivity contribution in [3.63, 3.8) is 0 Å². The number of nitrogens with one attached hydrogen (secondary N) is 1. The molecule has 0 radical (unpaired) electrons. The lowest BCUT2D eigenvalue weighted by Crippen LogP contribution is -2.36. The Kier molecular flexibility index (Phi) is 6.11. The highest BCUT2D eigenvalue weighted by Crippen LogP contribution is 2.22. The number of likely N-dealkylation sites (N-methyl/N-ethyl adjacent to an activating group) is 1. The van der Waals surface area contributed by atoms with Crippen LogP contribution < -0.4 is 5.32 Å². The maximum absolute atomic E-state index is 12.5. The first-order valence-corrected chi connectivity index (χ1v) is 9.11. The molecular formula is C21H20ClN3O3. The van der Waals surface area contributed by atoms with Crippen LogP contribution in [0, 0.1) is 6.92 Å². The van der Waals surface area contributed by atoms with E-state index in [4.69, 9.17) is 16.0 Å². The zero-order valence-electron chi connectivity index (χ0n) is 15.6. The van der Waals surface area contributed by atoms with Crippen LogP contribution in [0.2, 0.25) is 5.02 Å². The van der Waals surface area contributed by atoms with Gasteiger partial charge < -0.3 is 14.6 Å². The minimum atomic E-state index is -0.292. The number of carbonyl (C=O) groups is 2. The molecule has 0 spiro atoms. The molecule has 0 saturated carbocycles. The maximum Gasteiger partial charge on any atom is 0.243 e. The van der Waals surface area contributed by atoms with E-state index in [9.17, 15) is 9.59 Å². The molecule has 0 unspecified atom stereocenters. The molecule has 0 atom stereocenters. The number of aromatic nitrogens is 1. The average Bonchev–Trinajstić information content (AvgIpc) is 3.04. The number of oxazole rings is 1. The van der Waals surface area contributed by atoms with Crippen LogP contribution >= 0.6 is 11.6 Å². The van der Waals surface area contributed by atoms with Crippen molar-refractivity contribution in [1.29, 1.82) is 0 Å². The molecule has 2 aromatic carbocycles. The molecule has 0 fully saturated rings. The van der Waals surface area contributed by atoms with Crippen molar-refractivity contribution in [2.75, 3.05) is 18.9 Å². The summed E-state index contributed by atoms with van der Waals surface area (Å²) >= 11 is 5.83. The first-order chi connectivity index (χ1) is 13.4. The summed E-state index contributed by atoms with van der Waals surface area (Å²) in [4.78, 5) is 30.4. The standard InChI is InChI=1S/C21H20ClN3O3/c1-14-18(24-21(28-14)15-6-4-3-5-7-15)12-20(27)25(2)13-19(26)23-17-10-8-16(22)9-11-17/h3-11H,12-13H2,1-2H3,(H,23,26). The third kappa shape index (κ3) is 4.98. The SMILES string of the molecule is Cc1oc(-c2ccccc2)nc1CC(=O)N(C)CC(=O)Nc1ccc(Cl)cc1. The molecule has 3 aromatic rings. The number of rotatable bonds is 6. The molecule has 7 heteroatoms. The number of anilines is 1. The van der Waals surface area contributed by atoms with Gasteiger partial charge in [0.2, 0.25) is 17.7 Å². The summed E-state index contributed by atoms with van der Waals surface area (Å²) in [5.41, 5.74) is 2.03. The Balaban J connectivity index is 1.59. The van der Waals surface area contributed by atoms with E-state index in [1.807, 2.05) is 30.3 Å². The number of benzene rings is 2. The molecule has 1 aromatic heterocycles. The van der Waals surface area contributed by atoms with Gasteiger partial charge >= 0.3 is 0 Å². The first kappa shape index (κ1) is 19.6. The van der Waals surface area contributed by atoms with E-state index in [0.29, 0.717) is 28.1 Å². The molecule has 0 saturated heterocycles. The lowest BCUT2D eigenvalue weighted by molar-refractivity contribution is -0.132. The number of aryl methyl sites for hydroxylation is 1. The summed E-state index contributed by atoms with van der Waals surface area (Å²) in [5, 5.41) is 3.32. The Hall–Kier alpha value is -3.12. The topological polar surface area (TPSA) is 75.4 Å². The third-order valence-corrected chi connectivity index (χ3v) is 4.42. The van der Waals surface area contributed by atoms with Gasteiger partial charge in [-0.15, -0.1) is 0 Å². The highest BCUT2D eigenvalue weighted by Gasteiger charge is 2.18. The van der Waals surface area contributed by atoms with Gasteiger partial charge in [-0.1, -0.05) is 29.8 Å². The summed E-state index contributed by atoms with van der Waals surface area (Å²) < 4.78 is 5.68. The van der Waals surface area contributed by atoms with E-state index >= 15 is 0 Å². The zero-order chi connectivity index (χ0) is 20.1. The van der Waals surface area contributed by atoms with E-state index < -0.39 is 0 Å². The number of carbonyl (C=O) groups excluding carboxylic acids is 2. The number of halogens is 1. The van der Waals surface area contributed by atoms with Crippen LogP contribution in [0.25, 0.3) is 11.5 Å². The fourth-order valence-electron chi connectivity index (χ4n) is 2.61. The van der Waals surface area contributed by atoms with Gasteiger partial charge in [-0.2, -0.15) is 0 Å². The maximum atomic E-state index is 12.5. The summed E-state index contributed by atoms with van der Waals surface area (Å²) in [6.45, 7) is 1.71. The minimum Gasteiger partial charge on any atom is -0.441 e. The number of hydrogen-bond acceptors (Lipinski definition) is 4. The highest BCUT2D eigenvalue weighted by molar-refractivity contribution is 6.30. The monoisotopic (exact) mass is 397 g/mol. The third-order valence-electron chi connectivity index (χ3n) is 4.17. The summed E-state index contributed by atoms with van der Waals surface area (Å²) in [6.07, 6.45) is 0.0624. The van der Waals surface area contributed by atoms with E-state index in [1.165, 1.54) is 4.90 Å². The summed E-state index contributed by atoms with van der Waals surface area (Å²) in [5.74, 6) is 0.553. The van der Waals surface area contributed by atoms with Crippen molar-refractivity contribution >= 4 is 29.1 Å². The molecular weight excluding hydrogens is 378 g/mol. The quantitative estimate of drug-likeness (QED) is 0.683. The van der Waals surface area contributed by atoms with Crippen molar-refractivity contribution in [1.82, 2.24) is 9.88 Å². The van der Waals surface area contributed by atoms with E-state index in [2.05, 4.69) is 10.3 Å². The summed E-state index contributed by atoms with van der Waals surface area (Å²) in [6, 6.07) is 16.3. The molecule has 0 aliphatic carbocycles. The number of hydrogen-bond donors (Lipinski definition) is 1. The van der Waals surface area contributed by atoms with Gasteiger partial charge in [0.1, 0.15) is 5.76 Å². The molecule has 6 nitrogen and oxygen atoms in total. The second-order valence-electron chi connectivity index (χ2n) is 6.37. The average molecular weight is 398 g/mol. The number of amides is 2. The fraction of sp³-hybridized carbons (Fsp3) is 0.190. The van der Waals surface area contributed by atoms with Gasteiger partial charge in [0.25, 0.3) is 0 Å². The predicted molar refractivity (Wildman–Crippen MR) is 108 cm³/mol. The van der Waals surface area contributed by atoms with Gasteiger partial charge in [0, 0.05) is 23.3 Å². The molecule has 1 heterocycles. The van der Waals surface area contributed by atoms with Crippen molar-refractivity contribution in [2.45, 2.75) is 13.3 Å². The lowest BCUT2D eigenvalue weighted by atomic mass is 10.2. The smallest absolute Gasteiger partial charge is 0.243 e. The van der Waals surface area contributed by atoms with Gasteiger partial charge in [0.05, 0.1) is 18.7 Å². The lowest BCUT2D eigenvalue weighted by Gasteiger charge is -2.16. The minimum absolute atomic E-state index is 0.0624. The van der Waals surface area contributed by atoms with Crippen molar-refractivity contribution < 1.29 is 14.0 Å². The van der Waals surface area contributed by atoms with Gasteiger partial charge in [-0.05, 0) is 43.3 Å². The van der Waals surface area contributed by atoms with Crippen molar-refractivity contribution in [2.24, 2.45) is 0 Å². The first-order valence-electron chi connectivity index (χ1n) is 8.73. The summed E-state index contributed by atoms with van der Waals surface area (Å²) in [7, 11) is 1.58. The van der Waals surface area contributed by atoms with Gasteiger partial charge in [-0.25, -0.2) is 4.98 Å². The van der Waals surface area contributed by atoms with Gasteiger partial charge in [-0.3, -0.25) is 9.59 Å². The van der Waals surface area contributed by atoms with Crippen LogP contribution in [0.15, 0.2) is 59.0 Å². The largest absolute Gasteiger partial charge is 0.441 e. The Morgan fingerprint density at radius 3 is 2.46 bits per heavy atom. The Labute approximate surface area is 168 Å². The number of nitrogens with zero attached hydrogens (tertiary/aromatic N) is 2. The molecule has 0 aliphatic heterocycles. The molecule has 0 bridgehead atoms. The van der Waals surface area contributed by atoms with Crippen molar-refractivity contribution in [3.05, 3.63) is 71.1 Å². The molecule has 1 N–H and O–H groups in total. The van der Waals surface area contributed by atoms with Crippen LogP contribution in [0.1, 0.15) is 11.5 Å². The highest BCUT2D eigenvalue weighted by atomic mass is 35.5. The van der Waals surface area contributed by atoms with Crippen LogP contribution in [0.5, 0.6) is 0 Å². The Morgan fingerprint density at radius 2 is 1.79 bits per heavy atom. The van der Waals surface area contributed by atoms with Crippen LogP contribution in [0.3, 0.4) is 0 Å². The molecule has 28 heavy (non-hydrogen) atoms. The molecule has 0 aliphatic rings. The van der Waals surface area contributed by atoms with Crippen molar-refractivity contribution in [3.8, 4) is 11.5 Å². The second kappa shape index (κ2) is 8.71.